The Kier molecular flexibility index (Phi) is 5.20. The molecule has 0 aliphatic rings. The molecule has 0 fully saturated rings. The van der Waals surface area contributed by atoms with Crippen molar-refractivity contribution in [2.24, 2.45) is 0 Å². The zero-order valence-corrected chi connectivity index (χ0v) is 9.51. The van der Waals surface area contributed by atoms with Gasteiger partial charge in [0.15, 0.2) is 0 Å². The molecule has 0 heterocycles. The van der Waals surface area contributed by atoms with Gasteiger partial charge in [-0.1, -0.05) is 12.2 Å². The molecule has 0 rings (SSSR count). The Hall–Kier alpha value is -0.320. The summed E-state index contributed by atoms with van der Waals surface area (Å²) in [7, 11) is 0. The van der Waals surface area contributed by atoms with E-state index in [4.69, 9.17) is 5.11 Å². The number of hydrogen-bond acceptors (Lipinski definition) is 1. The SMILES string of the molecule is C=C(CCC(I)=C(C)C)C(=O)O. The van der Waals surface area contributed by atoms with Gasteiger partial charge in [0.25, 0.3) is 0 Å². The van der Waals surface area contributed by atoms with E-state index >= 15 is 0 Å². The summed E-state index contributed by atoms with van der Waals surface area (Å²) in [6.45, 7) is 7.50. The van der Waals surface area contributed by atoms with Gasteiger partial charge in [0.2, 0.25) is 0 Å². The van der Waals surface area contributed by atoms with Crippen LogP contribution < -0.4 is 0 Å². The molecule has 0 saturated heterocycles. The zero-order chi connectivity index (χ0) is 9.72. The highest BCUT2D eigenvalue weighted by Gasteiger charge is 2.04. The molecule has 0 radical (unpaired) electrons. The molecule has 0 spiro atoms. The second kappa shape index (κ2) is 5.35. The van der Waals surface area contributed by atoms with Gasteiger partial charge in [0, 0.05) is 5.57 Å². The lowest BCUT2D eigenvalue weighted by molar-refractivity contribution is -0.132. The molecule has 0 unspecified atom stereocenters. The van der Waals surface area contributed by atoms with Crippen molar-refractivity contribution in [3.8, 4) is 0 Å². The lowest BCUT2D eigenvalue weighted by atomic mass is 10.1. The fourth-order valence-corrected chi connectivity index (χ4v) is 0.887. The first kappa shape index (κ1) is 11.7. The normalized spacial score (nSPS) is 9.25. The average Bonchev–Trinajstić information content (AvgIpc) is 1.98. The molecule has 0 atom stereocenters. The number of allylic oxidation sites excluding steroid dienone is 2. The molecule has 0 aliphatic heterocycles. The van der Waals surface area contributed by atoms with Crippen molar-refractivity contribution in [1.82, 2.24) is 0 Å². The number of hydrogen-bond donors (Lipinski definition) is 1. The van der Waals surface area contributed by atoms with Gasteiger partial charge in [-0.2, -0.15) is 0 Å². The average molecular weight is 280 g/mol. The number of rotatable bonds is 4. The third-order valence-corrected chi connectivity index (χ3v) is 3.11. The van der Waals surface area contributed by atoms with E-state index in [0.717, 1.165) is 6.42 Å². The van der Waals surface area contributed by atoms with E-state index in [1.807, 2.05) is 13.8 Å². The Morgan fingerprint density at radius 2 is 1.92 bits per heavy atom. The second-order valence-electron chi connectivity index (χ2n) is 2.81. The zero-order valence-electron chi connectivity index (χ0n) is 7.35. The van der Waals surface area contributed by atoms with Crippen LogP contribution in [0.3, 0.4) is 0 Å². The summed E-state index contributed by atoms with van der Waals surface area (Å²) in [6, 6.07) is 0. The molecule has 0 aromatic carbocycles. The van der Waals surface area contributed by atoms with Gasteiger partial charge in [-0.05, 0) is 52.9 Å². The quantitative estimate of drug-likeness (QED) is 0.634. The first-order chi connectivity index (χ1) is 5.45. The summed E-state index contributed by atoms with van der Waals surface area (Å²) < 4.78 is 1.22. The van der Waals surface area contributed by atoms with E-state index in [1.165, 1.54) is 9.15 Å². The smallest absolute Gasteiger partial charge is 0.330 e. The Morgan fingerprint density at radius 1 is 1.42 bits per heavy atom. The molecule has 0 aliphatic carbocycles. The second-order valence-corrected chi connectivity index (χ2v) is 4.12. The Morgan fingerprint density at radius 3 is 2.25 bits per heavy atom. The maximum absolute atomic E-state index is 10.4. The molecular weight excluding hydrogens is 267 g/mol. The highest BCUT2D eigenvalue weighted by atomic mass is 127. The van der Waals surface area contributed by atoms with Crippen LogP contribution in [-0.4, -0.2) is 11.1 Å². The number of halogens is 1. The molecule has 1 N–H and O–H groups in total. The summed E-state index contributed by atoms with van der Waals surface area (Å²) >= 11 is 2.23. The van der Waals surface area contributed by atoms with Gasteiger partial charge in [0.05, 0.1) is 0 Å². The van der Waals surface area contributed by atoms with E-state index in [2.05, 4.69) is 29.2 Å². The summed E-state index contributed by atoms with van der Waals surface area (Å²) in [5, 5.41) is 8.52. The minimum Gasteiger partial charge on any atom is -0.478 e. The molecule has 68 valence electrons. The highest BCUT2D eigenvalue weighted by Crippen LogP contribution is 2.20. The van der Waals surface area contributed by atoms with Gasteiger partial charge in [-0.25, -0.2) is 4.79 Å². The van der Waals surface area contributed by atoms with Crippen molar-refractivity contribution in [2.75, 3.05) is 0 Å². The maximum Gasteiger partial charge on any atom is 0.330 e. The van der Waals surface area contributed by atoms with Crippen LogP contribution in [-0.2, 0) is 4.79 Å². The third kappa shape index (κ3) is 4.54. The predicted octanol–water partition coefficient (Wildman–Crippen LogP) is 3.14. The van der Waals surface area contributed by atoms with Crippen LogP contribution in [0.5, 0.6) is 0 Å². The Balaban J connectivity index is 3.94. The van der Waals surface area contributed by atoms with E-state index in [0.29, 0.717) is 6.42 Å². The van der Waals surface area contributed by atoms with Crippen molar-refractivity contribution in [3.63, 3.8) is 0 Å². The van der Waals surface area contributed by atoms with Crippen molar-refractivity contribution in [1.29, 1.82) is 0 Å². The summed E-state index contributed by atoms with van der Waals surface area (Å²) in [5.74, 6) is -0.895. The van der Waals surface area contributed by atoms with Crippen LogP contribution in [0.4, 0.5) is 0 Å². The molecule has 0 saturated carbocycles. The lowest BCUT2D eigenvalue weighted by Gasteiger charge is -2.01. The molecule has 0 bridgehead atoms. The fourth-order valence-electron chi connectivity index (χ4n) is 0.618. The van der Waals surface area contributed by atoms with Crippen LogP contribution in [0.2, 0.25) is 0 Å². The summed E-state index contributed by atoms with van der Waals surface area (Å²) in [4.78, 5) is 10.4. The number of carboxylic acid groups (broad SMARTS) is 1. The molecule has 0 amide bonds. The minimum absolute atomic E-state index is 0.283. The molecule has 12 heavy (non-hydrogen) atoms. The first-order valence-corrected chi connectivity index (χ1v) is 4.76. The van der Waals surface area contributed by atoms with Crippen molar-refractivity contribution in [3.05, 3.63) is 21.3 Å². The Labute approximate surface area is 86.5 Å². The van der Waals surface area contributed by atoms with Gasteiger partial charge in [-0.3, -0.25) is 0 Å². The molecular formula is C9H13IO2. The molecule has 2 nitrogen and oxygen atoms in total. The van der Waals surface area contributed by atoms with E-state index in [9.17, 15) is 4.79 Å². The van der Waals surface area contributed by atoms with Crippen molar-refractivity contribution >= 4 is 28.6 Å². The first-order valence-electron chi connectivity index (χ1n) is 3.68. The van der Waals surface area contributed by atoms with E-state index in [-0.39, 0.29) is 5.57 Å². The van der Waals surface area contributed by atoms with Crippen LogP contribution in [0.1, 0.15) is 26.7 Å². The number of aliphatic carboxylic acids is 1. The third-order valence-electron chi connectivity index (χ3n) is 1.49. The topological polar surface area (TPSA) is 37.3 Å². The van der Waals surface area contributed by atoms with Gasteiger partial charge < -0.3 is 5.11 Å². The summed E-state index contributed by atoms with van der Waals surface area (Å²) in [5.41, 5.74) is 1.53. The van der Waals surface area contributed by atoms with Crippen LogP contribution in [0, 0.1) is 0 Å². The summed E-state index contributed by atoms with van der Waals surface area (Å²) in [6.07, 6.45) is 1.33. The van der Waals surface area contributed by atoms with E-state index < -0.39 is 5.97 Å². The van der Waals surface area contributed by atoms with Crippen LogP contribution >= 0.6 is 22.6 Å². The standard InChI is InChI=1S/C9H13IO2/c1-6(2)8(10)5-4-7(3)9(11)12/h3-5H2,1-2H3,(H,11,12). The van der Waals surface area contributed by atoms with Crippen molar-refractivity contribution < 1.29 is 9.90 Å². The maximum atomic E-state index is 10.4. The fraction of sp³-hybridized carbons (Fsp3) is 0.444. The molecule has 0 aromatic rings. The van der Waals surface area contributed by atoms with Gasteiger partial charge >= 0.3 is 5.97 Å². The van der Waals surface area contributed by atoms with Gasteiger partial charge in [-0.15, -0.1) is 0 Å². The van der Waals surface area contributed by atoms with Crippen LogP contribution in [0.15, 0.2) is 21.3 Å². The Bertz CT molecular complexity index is 225. The van der Waals surface area contributed by atoms with Crippen molar-refractivity contribution in [2.45, 2.75) is 26.7 Å². The molecule has 3 heteroatoms. The van der Waals surface area contributed by atoms with Crippen LogP contribution in [0.25, 0.3) is 0 Å². The highest BCUT2D eigenvalue weighted by molar-refractivity contribution is 14.1. The molecule has 0 aromatic heterocycles. The monoisotopic (exact) mass is 280 g/mol. The number of carbonyl (C=O) groups is 1. The van der Waals surface area contributed by atoms with Gasteiger partial charge in [0.1, 0.15) is 0 Å². The minimum atomic E-state index is -0.895. The number of carboxylic acids is 1. The largest absolute Gasteiger partial charge is 0.478 e. The lowest BCUT2D eigenvalue weighted by Crippen LogP contribution is -1.98. The predicted molar refractivity (Wildman–Crippen MR) is 58.4 cm³/mol. The van der Waals surface area contributed by atoms with E-state index in [1.54, 1.807) is 0 Å².